The molecule has 2 atom stereocenters. The molecule has 0 aliphatic carbocycles. The normalized spacial score (nSPS) is 19.4. The molecule has 6 rings (SSSR count). The van der Waals surface area contributed by atoms with Crippen molar-refractivity contribution in [2.45, 2.75) is 37.9 Å². The standard InChI is InChI=1S/C28H30ClFN6O/c1-34(2)12-5-13-36-26-21(27(33-28(36)37)35-15-18-10-11-19(16-35)32-18)14-31-25(24(26)30)20-8-3-6-17-7-4-9-22(29)23(17)20/h3-4,6-9,14,18-19,32H,5,10-13,15-16H2,1-2H3. The molecule has 2 aromatic carbocycles. The zero-order valence-corrected chi connectivity index (χ0v) is 21.8. The highest BCUT2D eigenvalue weighted by Gasteiger charge is 2.34. The number of aromatic nitrogens is 3. The first-order valence-electron chi connectivity index (χ1n) is 12.8. The first-order chi connectivity index (χ1) is 17.9. The molecular weight excluding hydrogens is 491 g/mol. The number of aryl methyl sites for hydroxylation is 1. The van der Waals surface area contributed by atoms with Crippen LogP contribution < -0.4 is 15.9 Å². The smallest absolute Gasteiger partial charge is 0.350 e. The van der Waals surface area contributed by atoms with E-state index in [1.807, 2.05) is 49.3 Å². The van der Waals surface area contributed by atoms with Gasteiger partial charge in [0.15, 0.2) is 5.82 Å². The van der Waals surface area contributed by atoms with E-state index in [0.29, 0.717) is 46.8 Å². The predicted octanol–water partition coefficient (Wildman–Crippen LogP) is 4.30. The molecule has 2 fully saturated rings. The Balaban J connectivity index is 1.56. The van der Waals surface area contributed by atoms with Gasteiger partial charge in [0, 0.05) is 53.9 Å². The van der Waals surface area contributed by atoms with Gasteiger partial charge in [0.25, 0.3) is 0 Å². The summed E-state index contributed by atoms with van der Waals surface area (Å²) in [5, 5.41) is 6.35. The van der Waals surface area contributed by atoms with Gasteiger partial charge < -0.3 is 15.1 Å². The van der Waals surface area contributed by atoms with Crippen LogP contribution in [0.4, 0.5) is 10.2 Å². The summed E-state index contributed by atoms with van der Waals surface area (Å²) in [7, 11) is 3.96. The average molecular weight is 521 g/mol. The lowest BCUT2D eigenvalue weighted by Gasteiger charge is -2.34. The molecule has 4 heterocycles. The molecule has 0 radical (unpaired) electrons. The van der Waals surface area contributed by atoms with Crippen LogP contribution in [0.2, 0.25) is 5.02 Å². The number of halogens is 2. The third-order valence-corrected chi connectivity index (χ3v) is 7.86. The second-order valence-corrected chi connectivity index (χ2v) is 10.8. The van der Waals surface area contributed by atoms with E-state index in [4.69, 9.17) is 11.6 Å². The van der Waals surface area contributed by atoms with Crippen molar-refractivity contribution in [3.63, 3.8) is 0 Å². The van der Waals surface area contributed by atoms with Crippen molar-refractivity contribution < 1.29 is 4.39 Å². The van der Waals surface area contributed by atoms with Crippen molar-refractivity contribution >= 4 is 39.1 Å². The highest BCUT2D eigenvalue weighted by Crippen LogP contribution is 2.37. The fraction of sp³-hybridized carbons (Fsp3) is 0.393. The second-order valence-electron chi connectivity index (χ2n) is 10.4. The van der Waals surface area contributed by atoms with Crippen molar-refractivity contribution in [3.05, 3.63) is 63.9 Å². The number of pyridine rings is 1. The van der Waals surface area contributed by atoms with Crippen LogP contribution in [0.15, 0.2) is 47.4 Å². The summed E-state index contributed by atoms with van der Waals surface area (Å²) in [4.78, 5) is 26.7. The lowest BCUT2D eigenvalue weighted by atomic mass is 10.0. The Morgan fingerprint density at radius 1 is 1.14 bits per heavy atom. The average Bonchev–Trinajstić information content (AvgIpc) is 3.22. The zero-order chi connectivity index (χ0) is 25.7. The van der Waals surface area contributed by atoms with Gasteiger partial charge in [-0.2, -0.15) is 4.98 Å². The van der Waals surface area contributed by atoms with Crippen LogP contribution in [0.5, 0.6) is 0 Å². The molecule has 9 heteroatoms. The molecule has 7 nitrogen and oxygen atoms in total. The molecule has 192 valence electrons. The molecule has 2 aliphatic heterocycles. The van der Waals surface area contributed by atoms with E-state index in [1.54, 1.807) is 12.3 Å². The SMILES string of the molecule is CN(C)CCCn1c(=O)nc(N2CC3CCC(C2)N3)c2cnc(-c3cccc4cccc(Cl)c34)c(F)c21. The van der Waals surface area contributed by atoms with Crippen LogP contribution in [0.1, 0.15) is 19.3 Å². The monoisotopic (exact) mass is 520 g/mol. The maximum absolute atomic E-state index is 16.6. The van der Waals surface area contributed by atoms with Gasteiger partial charge in [0.1, 0.15) is 11.5 Å². The molecule has 2 bridgehead atoms. The lowest BCUT2D eigenvalue weighted by Crippen LogP contribution is -2.52. The highest BCUT2D eigenvalue weighted by molar-refractivity contribution is 6.36. The summed E-state index contributed by atoms with van der Waals surface area (Å²) in [6, 6.07) is 12.0. The van der Waals surface area contributed by atoms with Crippen molar-refractivity contribution in [2.24, 2.45) is 0 Å². The topological polar surface area (TPSA) is 66.3 Å². The molecule has 2 aliphatic rings. The van der Waals surface area contributed by atoms with Crippen molar-refractivity contribution in [3.8, 4) is 11.3 Å². The molecule has 0 saturated carbocycles. The molecule has 0 amide bonds. The number of fused-ring (bicyclic) bond motifs is 4. The third kappa shape index (κ3) is 4.37. The van der Waals surface area contributed by atoms with Crippen molar-refractivity contribution in [1.82, 2.24) is 24.8 Å². The van der Waals surface area contributed by atoms with E-state index in [2.05, 4.69) is 20.2 Å². The van der Waals surface area contributed by atoms with Crippen LogP contribution in [0.3, 0.4) is 0 Å². The van der Waals surface area contributed by atoms with Gasteiger partial charge in [-0.3, -0.25) is 9.55 Å². The predicted molar refractivity (Wildman–Crippen MR) is 147 cm³/mol. The number of hydrogen-bond acceptors (Lipinski definition) is 6. The molecule has 1 N–H and O–H groups in total. The summed E-state index contributed by atoms with van der Waals surface area (Å²) in [6.45, 7) is 2.62. The molecule has 0 spiro atoms. The molecule has 2 unspecified atom stereocenters. The lowest BCUT2D eigenvalue weighted by molar-refractivity contribution is 0.385. The molecule has 2 saturated heterocycles. The molecular formula is C28H30ClFN6O. The minimum Gasteiger partial charge on any atom is -0.353 e. The van der Waals surface area contributed by atoms with E-state index in [9.17, 15) is 4.79 Å². The third-order valence-electron chi connectivity index (χ3n) is 7.55. The summed E-state index contributed by atoms with van der Waals surface area (Å²) in [6.07, 6.45) is 4.56. The van der Waals surface area contributed by atoms with Gasteiger partial charge in [-0.15, -0.1) is 0 Å². The Hall–Kier alpha value is -3.07. The molecule has 4 aromatic rings. The highest BCUT2D eigenvalue weighted by atomic mass is 35.5. The van der Waals surface area contributed by atoms with Crippen LogP contribution in [-0.2, 0) is 6.54 Å². The van der Waals surface area contributed by atoms with Crippen LogP contribution >= 0.6 is 11.6 Å². The maximum Gasteiger partial charge on any atom is 0.350 e. The molecule has 37 heavy (non-hydrogen) atoms. The Bertz CT molecular complexity index is 1540. The van der Waals surface area contributed by atoms with Gasteiger partial charge in [-0.25, -0.2) is 9.18 Å². The minimum absolute atomic E-state index is 0.185. The molecule has 2 aromatic heterocycles. The number of piperazine rings is 1. The van der Waals surface area contributed by atoms with E-state index in [0.717, 1.165) is 43.2 Å². The van der Waals surface area contributed by atoms with Crippen LogP contribution in [0, 0.1) is 5.82 Å². The largest absolute Gasteiger partial charge is 0.353 e. The van der Waals surface area contributed by atoms with Crippen molar-refractivity contribution in [1.29, 1.82) is 0 Å². The van der Waals surface area contributed by atoms with Gasteiger partial charge in [0.2, 0.25) is 0 Å². The van der Waals surface area contributed by atoms with E-state index >= 15 is 4.39 Å². The number of rotatable bonds is 6. The van der Waals surface area contributed by atoms with Gasteiger partial charge >= 0.3 is 5.69 Å². The number of nitrogens with one attached hydrogen (secondary N) is 1. The first kappa shape index (κ1) is 24.3. The number of benzene rings is 2. The Morgan fingerprint density at radius 2 is 1.86 bits per heavy atom. The summed E-state index contributed by atoms with van der Waals surface area (Å²) in [5.41, 5.74) is 0.616. The van der Waals surface area contributed by atoms with E-state index < -0.39 is 11.5 Å². The Labute approximate surface area is 219 Å². The van der Waals surface area contributed by atoms with Gasteiger partial charge in [-0.05, 0) is 51.4 Å². The Kier molecular flexibility index (Phi) is 6.34. The van der Waals surface area contributed by atoms with Crippen LogP contribution in [-0.4, -0.2) is 65.2 Å². The number of hydrogen-bond donors (Lipinski definition) is 1. The quantitative estimate of drug-likeness (QED) is 0.409. The minimum atomic E-state index is -0.520. The van der Waals surface area contributed by atoms with Crippen molar-refractivity contribution in [2.75, 3.05) is 38.6 Å². The van der Waals surface area contributed by atoms with E-state index in [1.165, 1.54) is 4.57 Å². The fourth-order valence-corrected chi connectivity index (χ4v) is 6.14. The van der Waals surface area contributed by atoms with Crippen LogP contribution in [0.25, 0.3) is 32.9 Å². The summed E-state index contributed by atoms with van der Waals surface area (Å²) < 4.78 is 18.1. The maximum atomic E-state index is 16.6. The summed E-state index contributed by atoms with van der Waals surface area (Å²) >= 11 is 6.56. The van der Waals surface area contributed by atoms with Gasteiger partial charge in [0.05, 0.1) is 10.9 Å². The number of anilines is 1. The fourth-order valence-electron chi connectivity index (χ4n) is 5.86. The number of nitrogens with zero attached hydrogens (tertiary/aromatic N) is 5. The van der Waals surface area contributed by atoms with E-state index in [-0.39, 0.29) is 11.2 Å². The first-order valence-corrected chi connectivity index (χ1v) is 13.2. The zero-order valence-electron chi connectivity index (χ0n) is 21.0. The summed E-state index contributed by atoms with van der Waals surface area (Å²) in [5.74, 6) is 0.00444. The Morgan fingerprint density at radius 3 is 2.59 bits per heavy atom. The second kappa shape index (κ2) is 9.67. The van der Waals surface area contributed by atoms with Gasteiger partial charge in [-0.1, -0.05) is 41.9 Å².